The summed E-state index contributed by atoms with van der Waals surface area (Å²) in [5.41, 5.74) is 1.97. The van der Waals surface area contributed by atoms with E-state index in [1.54, 1.807) is 19.5 Å². The van der Waals surface area contributed by atoms with Gasteiger partial charge in [0.15, 0.2) is 5.82 Å². The molecule has 5 heteroatoms. The molecule has 2 unspecified atom stereocenters. The number of nitrogens with zero attached hydrogens (tertiary/aromatic N) is 4. The maximum absolute atomic E-state index is 5.61. The molecule has 22 heavy (non-hydrogen) atoms. The SMILES string of the molecule is COC1CN(c2cc(C)nc(-c3ccncc3)n2)CCC1C. The van der Waals surface area contributed by atoms with E-state index in [1.165, 1.54) is 0 Å². The highest BCUT2D eigenvalue weighted by atomic mass is 16.5. The van der Waals surface area contributed by atoms with Gasteiger partial charge < -0.3 is 9.64 Å². The molecule has 1 saturated heterocycles. The molecule has 0 aliphatic carbocycles. The van der Waals surface area contributed by atoms with Crippen molar-refractivity contribution >= 4 is 5.82 Å². The molecule has 116 valence electrons. The van der Waals surface area contributed by atoms with Gasteiger partial charge in [-0.05, 0) is 31.4 Å². The van der Waals surface area contributed by atoms with E-state index in [0.717, 1.165) is 42.4 Å². The van der Waals surface area contributed by atoms with Crippen LogP contribution in [0.1, 0.15) is 19.0 Å². The molecular formula is C17H22N4O. The molecule has 2 atom stereocenters. The molecule has 0 spiro atoms. The summed E-state index contributed by atoms with van der Waals surface area (Å²) in [6.07, 6.45) is 4.91. The summed E-state index contributed by atoms with van der Waals surface area (Å²) >= 11 is 0. The number of aryl methyl sites for hydroxylation is 1. The zero-order valence-electron chi connectivity index (χ0n) is 13.4. The second-order valence-electron chi connectivity index (χ2n) is 5.91. The second kappa shape index (κ2) is 6.40. The Bertz CT molecular complexity index is 632. The third kappa shape index (κ3) is 3.09. The molecule has 0 N–H and O–H groups in total. The van der Waals surface area contributed by atoms with Crippen molar-refractivity contribution in [1.29, 1.82) is 0 Å². The summed E-state index contributed by atoms with van der Waals surface area (Å²) in [6, 6.07) is 5.93. The monoisotopic (exact) mass is 298 g/mol. The highest BCUT2D eigenvalue weighted by molar-refractivity contribution is 5.57. The number of anilines is 1. The first kappa shape index (κ1) is 14.9. The molecule has 0 amide bonds. The molecule has 0 bridgehead atoms. The molecule has 3 rings (SSSR count). The normalized spacial score (nSPS) is 21.9. The van der Waals surface area contributed by atoms with Crippen LogP contribution in [0.2, 0.25) is 0 Å². The molecule has 1 fully saturated rings. The van der Waals surface area contributed by atoms with Crippen LogP contribution in [0.5, 0.6) is 0 Å². The Morgan fingerprint density at radius 1 is 1.23 bits per heavy atom. The Morgan fingerprint density at radius 3 is 2.73 bits per heavy atom. The summed E-state index contributed by atoms with van der Waals surface area (Å²) in [5.74, 6) is 2.32. The zero-order valence-corrected chi connectivity index (χ0v) is 13.4. The number of methoxy groups -OCH3 is 1. The van der Waals surface area contributed by atoms with E-state index in [4.69, 9.17) is 9.72 Å². The highest BCUT2D eigenvalue weighted by Crippen LogP contribution is 2.25. The highest BCUT2D eigenvalue weighted by Gasteiger charge is 2.27. The number of hydrogen-bond donors (Lipinski definition) is 0. The Hall–Kier alpha value is -2.01. The van der Waals surface area contributed by atoms with Gasteiger partial charge in [0.2, 0.25) is 0 Å². The lowest BCUT2D eigenvalue weighted by Crippen LogP contribution is -2.44. The van der Waals surface area contributed by atoms with Crippen LogP contribution in [0.3, 0.4) is 0 Å². The number of piperidine rings is 1. The molecule has 1 aliphatic heterocycles. The molecule has 3 heterocycles. The number of ether oxygens (including phenoxy) is 1. The molecular weight excluding hydrogens is 276 g/mol. The molecule has 0 saturated carbocycles. The van der Waals surface area contributed by atoms with E-state index in [9.17, 15) is 0 Å². The standard InChI is InChI=1S/C17H22N4O/c1-12-6-9-21(11-15(12)22-3)16-10-13(2)19-17(20-16)14-4-7-18-8-5-14/h4-5,7-8,10,12,15H,6,9,11H2,1-3H3. The Labute approximate surface area is 131 Å². The van der Waals surface area contributed by atoms with Crippen molar-refractivity contribution in [2.75, 3.05) is 25.1 Å². The third-order valence-electron chi connectivity index (χ3n) is 4.30. The first-order chi connectivity index (χ1) is 10.7. The van der Waals surface area contributed by atoms with E-state index in [2.05, 4.69) is 21.8 Å². The van der Waals surface area contributed by atoms with Crippen LogP contribution in [0, 0.1) is 12.8 Å². The van der Waals surface area contributed by atoms with Gasteiger partial charge in [0.1, 0.15) is 5.82 Å². The second-order valence-corrected chi connectivity index (χ2v) is 5.91. The van der Waals surface area contributed by atoms with Crippen molar-refractivity contribution in [2.45, 2.75) is 26.4 Å². The van der Waals surface area contributed by atoms with E-state index in [1.807, 2.05) is 25.1 Å². The van der Waals surface area contributed by atoms with Gasteiger partial charge in [0.25, 0.3) is 0 Å². The molecule has 2 aromatic heterocycles. The van der Waals surface area contributed by atoms with Crippen LogP contribution in [-0.4, -0.2) is 41.3 Å². The lowest BCUT2D eigenvalue weighted by molar-refractivity contribution is 0.0496. The average Bonchev–Trinajstić information content (AvgIpc) is 2.55. The van der Waals surface area contributed by atoms with Crippen LogP contribution in [0.25, 0.3) is 11.4 Å². The van der Waals surface area contributed by atoms with Crippen molar-refractivity contribution in [1.82, 2.24) is 15.0 Å². The fourth-order valence-corrected chi connectivity index (χ4v) is 2.89. The van der Waals surface area contributed by atoms with Crippen molar-refractivity contribution in [2.24, 2.45) is 5.92 Å². The zero-order chi connectivity index (χ0) is 15.5. The van der Waals surface area contributed by atoms with Crippen LogP contribution >= 0.6 is 0 Å². The van der Waals surface area contributed by atoms with Crippen molar-refractivity contribution < 1.29 is 4.74 Å². The molecule has 1 aliphatic rings. The topological polar surface area (TPSA) is 51.1 Å². The van der Waals surface area contributed by atoms with Crippen LogP contribution < -0.4 is 4.90 Å². The van der Waals surface area contributed by atoms with Crippen molar-refractivity contribution in [3.63, 3.8) is 0 Å². The van der Waals surface area contributed by atoms with Gasteiger partial charge in [-0.1, -0.05) is 6.92 Å². The smallest absolute Gasteiger partial charge is 0.161 e. The van der Waals surface area contributed by atoms with Gasteiger partial charge in [-0.15, -0.1) is 0 Å². The van der Waals surface area contributed by atoms with Gasteiger partial charge >= 0.3 is 0 Å². The van der Waals surface area contributed by atoms with Crippen molar-refractivity contribution in [3.8, 4) is 11.4 Å². The summed E-state index contributed by atoms with van der Waals surface area (Å²) in [5, 5.41) is 0. The Morgan fingerprint density at radius 2 is 2.00 bits per heavy atom. The average molecular weight is 298 g/mol. The minimum atomic E-state index is 0.258. The van der Waals surface area contributed by atoms with E-state index in [-0.39, 0.29) is 6.10 Å². The Kier molecular flexibility index (Phi) is 4.34. The predicted molar refractivity (Wildman–Crippen MR) is 86.8 cm³/mol. The maximum atomic E-state index is 5.61. The van der Waals surface area contributed by atoms with Gasteiger partial charge in [0.05, 0.1) is 6.10 Å². The molecule has 0 aromatic carbocycles. The molecule has 5 nitrogen and oxygen atoms in total. The lowest BCUT2D eigenvalue weighted by atomic mass is 9.96. The summed E-state index contributed by atoms with van der Waals surface area (Å²) in [4.78, 5) is 15.7. The number of hydrogen-bond acceptors (Lipinski definition) is 5. The number of rotatable bonds is 3. The van der Waals surface area contributed by atoms with Gasteiger partial charge in [-0.3, -0.25) is 4.98 Å². The maximum Gasteiger partial charge on any atom is 0.161 e. The minimum Gasteiger partial charge on any atom is -0.379 e. The first-order valence-electron chi connectivity index (χ1n) is 7.71. The fourth-order valence-electron chi connectivity index (χ4n) is 2.89. The summed E-state index contributed by atoms with van der Waals surface area (Å²) in [6.45, 7) is 6.15. The van der Waals surface area contributed by atoms with E-state index >= 15 is 0 Å². The largest absolute Gasteiger partial charge is 0.379 e. The fraction of sp³-hybridized carbons (Fsp3) is 0.471. The van der Waals surface area contributed by atoms with Crippen molar-refractivity contribution in [3.05, 3.63) is 36.3 Å². The molecule has 0 radical (unpaired) electrons. The number of pyridine rings is 1. The molecule has 2 aromatic rings. The third-order valence-corrected chi connectivity index (χ3v) is 4.30. The van der Waals surface area contributed by atoms with E-state index < -0.39 is 0 Å². The predicted octanol–water partition coefficient (Wildman–Crippen LogP) is 2.71. The van der Waals surface area contributed by atoms with Gasteiger partial charge in [-0.25, -0.2) is 9.97 Å². The minimum absolute atomic E-state index is 0.258. The van der Waals surface area contributed by atoms with Gasteiger partial charge in [0, 0.05) is 49.9 Å². The lowest BCUT2D eigenvalue weighted by Gasteiger charge is -2.37. The van der Waals surface area contributed by atoms with Crippen LogP contribution in [0.4, 0.5) is 5.82 Å². The quantitative estimate of drug-likeness (QED) is 0.872. The first-order valence-corrected chi connectivity index (χ1v) is 7.71. The summed E-state index contributed by atoms with van der Waals surface area (Å²) < 4.78 is 5.61. The van der Waals surface area contributed by atoms with Crippen LogP contribution in [-0.2, 0) is 4.74 Å². The van der Waals surface area contributed by atoms with E-state index in [0.29, 0.717) is 5.92 Å². The van der Waals surface area contributed by atoms with Crippen LogP contribution in [0.15, 0.2) is 30.6 Å². The number of aromatic nitrogens is 3. The Balaban J connectivity index is 1.90. The van der Waals surface area contributed by atoms with Gasteiger partial charge in [-0.2, -0.15) is 0 Å². The summed E-state index contributed by atoms with van der Waals surface area (Å²) in [7, 11) is 1.79.